The summed E-state index contributed by atoms with van der Waals surface area (Å²) in [5.74, 6) is 0.907. The van der Waals surface area contributed by atoms with Gasteiger partial charge in [-0.25, -0.2) is 0 Å². The minimum atomic E-state index is -4.29. The molecule has 1 aliphatic rings. The summed E-state index contributed by atoms with van der Waals surface area (Å²) in [5, 5.41) is 0. The summed E-state index contributed by atoms with van der Waals surface area (Å²) in [6.07, 6.45) is 7.46. The Morgan fingerprint density at radius 1 is 0.767 bits per heavy atom. The molecule has 1 aliphatic carbocycles. The molecule has 0 spiro atoms. The van der Waals surface area contributed by atoms with E-state index in [2.05, 4.69) is 111 Å². The topological polar surface area (TPSA) is 9.23 Å². The Balaban J connectivity index is 0.00000160. The molecule has 0 saturated heterocycles. The molecule has 156 valence electrons. The fraction of sp³-hybridized carbons (Fsp3) is 0.115. The van der Waals surface area contributed by atoms with Crippen molar-refractivity contribution in [1.82, 2.24) is 0 Å². The summed E-state index contributed by atoms with van der Waals surface area (Å²) in [6.45, 7) is 4.23. The van der Waals surface area contributed by atoms with Crippen molar-refractivity contribution in [3.8, 4) is 5.75 Å². The van der Waals surface area contributed by atoms with Crippen LogP contribution in [0, 0.1) is 13.8 Å². The number of hydrogen-bond acceptors (Lipinski definition) is 1. The fourth-order valence-electron chi connectivity index (χ4n) is 4.39. The van der Waals surface area contributed by atoms with E-state index in [0.29, 0.717) is 0 Å². The van der Waals surface area contributed by atoms with Crippen LogP contribution in [0.4, 0.5) is 0 Å². The standard InChI is InChI=1S/C8H10O.2C6H5.C5H5.CH2.2ClH.Ti/c1-6-3-7(2)5-8(9)4-6;2*1-2-4-6-5-3-1;1-2-4-5-3-1;;;;/h3-5,9H,1-2H3;2*1-5H;1-3H,4H2;1H2;2*1H;/q;;;;;;;+1/p-1. The zero-order chi connectivity index (χ0) is 19.6. The Labute approximate surface area is 193 Å². The fourth-order valence-corrected chi connectivity index (χ4v) is 12.0. The van der Waals surface area contributed by atoms with Crippen LogP contribution in [0.2, 0.25) is 0 Å². The monoisotopic (exact) mass is 474 g/mol. The molecule has 0 bridgehead atoms. The molecule has 30 heavy (non-hydrogen) atoms. The molecular weight excluding hydrogens is 447 g/mol. The number of hydrogen-bond donors (Lipinski definition) is 0. The predicted octanol–water partition coefficient (Wildman–Crippen LogP) is 6.06. The van der Waals surface area contributed by atoms with Gasteiger partial charge in [0.2, 0.25) is 0 Å². The third kappa shape index (κ3) is 4.13. The zero-order valence-electron chi connectivity index (χ0n) is 17.4. The van der Waals surface area contributed by atoms with Crippen LogP contribution in [-0.4, -0.2) is 4.82 Å². The van der Waals surface area contributed by atoms with Crippen LogP contribution in [0.3, 0.4) is 0 Å². The Morgan fingerprint density at radius 3 is 1.70 bits per heavy atom. The van der Waals surface area contributed by atoms with E-state index in [1.165, 1.54) is 22.7 Å². The normalized spacial score (nSPS) is 13.1. The van der Waals surface area contributed by atoms with Gasteiger partial charge in [-0.15, -0.1) is 24.8 Å². The molecule has 0 fully saturated rings. The molecule has 1 nitrogen and oxygen atoms in total. The van der Waals surface area contributed by atoms with Crippen molar-refractivity contribution >= 4 is 37.4 Å². The summed E-state index contributed by atoms with van der Waals surface area (Å²) in [4.78, 5) is 5.04. The van der Waals surface area contributed by atoms with E-state index in [9.17, 15) is 0 Å². The number of rotatable bonds is 5. The average Bonchev–Trinajstić information content (AvgIpc) is 3.25. The van der Waals surface area contributed by atoms with Gasteiger partial charge in [0.1, 0.15) is 0 Å². The number of allylic oxidation sites excluding steroid dienone is 4. The molecule has 0 radical (unpaired) electrons. The van der Waals surface area contributed by atoms with Crippen LogP contribution in [-0.2, 0) is 15.2 Å². The van der Waals surface area contributed by atoms with Crippen LogP contribution in [0.1, 0.15) is 17.5 Å². The van der Waals surface area contributed by atoms with Crippen molar-refractivity contribution < 1.29 is 18.5 Å². The molecule has 0 atom stereocenters. The second-order valence-corrected chi connectivity index (χ2v) is 15.2. The van der Waals surface area contributed by atoms with E-state index in [-0.39, 0.29) is 24.8 Å². The van der Waals surface area contributed by atoms with Crippen molar-refractivity contribution in [3.05, 3.63) is 112 Å². The van der Waals surface area contributed by atoms with Gasteiger partial charge >= 0.3 is 169 Å². The van der Waals surface area contributed by atoms with Gasteiger partial charge in [-0.05, 0) is 0 Å². The van der Waals surface area contributed by atoms with E-state index >= 15 is 0 Å². The maximum absolute atomic E-state index is 7.18. The van der Waals surface area contributed by atoms with Gasteiger partial charge in [0.15, 0.2) is 0 Å². The summed E-state index contributed by atoms with van der Waals surface area (Å²) >= 11 is -4.29. The molecule has 0 saturated carbocycles. The maximum atomic E-state index is 7.18. The van der Waals surface area contributed by atoms with Gasteiger partial charge in [0, 0.05) is 0 Å². The first-order valence-electron chi connectivity index (χ1n) is 9.78. The van der Waals surface area contributed by atoms with E-state index in [4.69, 9.17) is 8.14 Å². The van der Waals surface area contributed by atoms with Gasteiger partial charge in [-0.2, -0.15) is 0 Å². The Morgan fingerprint density at radius 2 is 1.27 bits per heavy atom. The summed E-state index contributed by atoms with van der Waals surface area (Å²) in [7, 11) is 0. The van der Waals surface area contributed by atoms with Gasteiger partial charge < -0.3 is 0 Å². The van der Waals surface area contributed by atoms with Crippen LogP contribution < -0.4 is 11.1 Å². The third-order valence-corrected chi connectivity index (χ3v) is 14.4. The molecule has 0 aromatic heterocycles. The average molecular weight is 475 g/mol. The van der Waals surface area contributed by atoms with Gasteiger partial charge in [0.05, 0.1) is 0 Å². The summed E-state index contributed by atoms with van der Waals surface area (Å²) in [6, 6.07) is 27.7. The molecule has 4 rings (SSSR count). The summed E-state index contributed by atoms with van der Waals surface area (Å²) < 4.78 is 10.9. The van der Waals surface area contributed by atoms with Crippen molar-refractivity contribution in [1.29, 1.82) is 0 Å². The number of halogens is 2. The first-order valence-corrected chi connectivity index (χ1v) is 13.9. The van der Waals surface area contributed by atoms with Crippen molar-refractivity contribution in [2.75, 3.05) is 0 Å². The number of benzene rings is 3. The van der Waals surface area contributed by atoms with E-state index in [1.807, 2.05) is 0 Å². The molecular formula is C26H28Cl2OTi. The molecule has 0 heterocycles. The van der Waals surface area contributed by atoms with E-state index in [1.54, 1.807) is 0 Å². The molecule has 0 amide bonds. The Kier molecular flexibility index (Phi) is 7.71. The molecule has 0 N–H and O–H groups in total. The van der Waals surface area contributed by atoms with Gasteiger partial charge in [-0.3, -0.25) is 0 Å². The Bertz CT molecular complexity index is 1070. The summed E-state index contributed by atoms with van der Waals surface area (Å²) in [5.41, 5.74) is 2.41. The van der Waals surface area contributed by atoms with Gasteiger partial charge in [-0.1, -0.05) is 0 Å². The zero-order valence-corrected chi connectivity index (χ0v) is 20.6. The predicted molar refractivity (Wildman–Crippen MR) is 132 cm³/mol. The van der Waals surface area contributed by atoms with Crippen LogP contribution in [0.25, 0.3) is 0 Å². The van der Waals surface area contributed by atoms with Gasteiger partial charge in [0.25, 0.3) is 0 Å². The molecule has 0 unspecified atom stereocenters. The minimum absolute atomic E-state index is 0. The van der Waals surface area contributed by atoms with Crippen molar-refractivity contribution in [3.63, 3.8) is 0 Å². The second-order valence-electron chi connectivity index (χ2n) is 7.84. The third-order valence-electron chi connectivity index (χ3n) is 5.76. The Hall–Kier alpha value is -1.90. The molecule has 3 aromatic carbocycles. The number of aryl methyl sites for hydroxylation is 2. The van der Waals surface area contributed by atoms with E-state index < -0.39 is 15.2 Å². The first-order chi connectivity index (χ1) is 13.5. The van der Waals surface area contributed by atoms with E-state index in [0.717, 1.165) is 12.2 Å². The van der Waals surface area contributed by atoms with Crippen LogP contribution in [0.15, 0.2) is 101 Å². The quantitative estimate of drug-likeness (QED) is 0.408. The van der Waals surface area contributed by atoms with Crippen LogP contribution in [0.5, 0.6) is 5.75 Å². The molecule has 3 aromatic rings. The molecule has 0 aliphatic heterocycles. The SMILES string of the molecule is Cl.Cl.[CH2]=[Ti]([O]c1cc(C)cc(C)c1)([C]1=CC=CC1)([c]1ccccc1)[c]1ccccc1. The first kappa shape index (κ1) is 24.4. The second kappa shape index (κ2) is 9.50. The van der Waals surface area contributed by atoms with Crippen LogP contribution >= 0.6 is 24.8 Å². The van der Waals surface area contributed by atoms with Crippen molar-refractivity contribution in [2.24, 2.45) is 0 Å². The van der Waals surface area contributed by atoms with Crippen molar-refractivity contribution in [2.45, 2.75) is 20.3 Å². The molecule has 4 heteroatoms.